The van der Waals surface area contributed by atoms with Gasteiger partial charge in [-0.1, -0.05) is 12.1 Å². The Balaban J connectivity index is 1.60. The van der Waals surface area contributed by atoms with Crippen molar-refractivity contribution in [2.24, 2.45) is 5.10 Å². The first-order valence-corrected chi connectivity index (χ1v) is 9.11. The van der Waals surface area contributed by atoms with Crippen molar-refractivity contribution in [2.75, 3.05) is 13.7 Å². The van der Waals surface area contributed by atoms with Crippen LogP contribution in [0.5, 0.6) is 5.75 Å². The molecular formula is C18H20IN3O4. The Morgan fingerprint density at radius 2 is 1.96 bits per heavy atom. The highest BCUT2D eigenvalue weighted by Gasteiger charge is 2.05. The number of aryl methyl sites for hydroxylation is 1. The molecule has 0 radical (unpaired) electrons. The molecule has 0 saturated heterocycles. The number of rotatable bonds is 9. The maximum atomic E-state index is 11.8. The molecule has 138 valence electrons. The van der Waals surface area contributed by atoms with Gasteiger partial charge in [-0.05, 0) is 65.3 Å². The average Bonchev–Trinajstić information content (AvgIpc) is 3.06. The third kappa shape index (κ3) is 7.26. The molecule has 0 fully saturated rings. The largest absolute Gasteiger partial charge is 0.497 e. The summed E-state index contributed by atoms with van der Waals surface area (Å²) in [7, 11) is 1.62. The molecule has 0 atom stereocenters. The molecule has 0 bridgehead atoms. The van der Waals surface area contributed by atoms with E-state index in [0.717, 1.165) is 21.5 Å². The summed E-state index contributed by atoms with van der Waals surface area (Å²) < 4.78 is 11.1. The zero-order valence-electron chi connectivity index (χ0n) is 14.3. The maximum Gasteiger partial charge on any atom is 0.259 e. The number of nitrogens with one attached hydrogen (secondary N) is 2. The van der Waals surface area contributed by atoms with E-state index in [1.807, 2.05) is 46.9 Å². The molecule has 2 aromatic rings. The number of carbonyl (C=O) groups excluding carboxylic acids is 2. The fourth-order valence-corrected chi connectivity index (χ4v) is 2.55. The second-order valence-electron chi connectivity index (χ2n) is 5.41. The number of hydrogen-bond acceptors (Lipinski definition) is 5. The van der Waals surface area contributed by atoms with Gasteiger partial charge in [0.05, 0.1) is 19.9 Å². The van der Waals surface area contributed by atoms with Crippen LogP contribution in [0.2, 0.25) is 0 Å². The Hall–Kier alpha value is -2.36. The van der Waals surface area contributed by atoms with E-state index < -0.39 is 5.91 Å². The molecule has 1 aromatic heterocycles. The summed E-state index contributed by atoms with van der Waals surface area (Å²) >= 11 is 2.04. The van der Waals surface area contributed by atoms with Crippen LogP contribution < -0.4 is 15.5 Å². The molecule has 0 aliphatic rings. The van der Waals surface area contributed by atoms with Crippen LogP contribution in [-0.4, -0.2) is 31.7 Å². The zero-order chi connectivity index (χ0) is 18.8. The minimum absolute atomic E-state index is 0.117. The van der Waals surface area contributed by atoms with Gasteiger partial charge in [0.15, 0.2) is 3.77 Å². The predicted octanol–water partition coefficient (Wildman–Crippen LogP) is 2.48. The Bertz CT molecular complexity index is 756. The molecule has 0 spiro atoms. The Morgan fingerprint density at radius 3 is 2.62 bits per heavy atom. The fraction of sp³-hybridized carbons (Fsp3) is 0.278. The van der Waals surface area contributed by atoms with Crippen LogP contribution in [0, 0.1) is 3.77 Å². The highest BCUT2D eigenvalue weighted by molar-refractivity contribution is 14.1. The predicted molar refractivity (Wildman–Crippen MR) is 106 cm³/mol. The van der Waals surface area contributed by atoms with E-state index in [4.69, 9.17) is 9.15 Å². The summed E-state index contributed by atoms with van der Waals surface area (Å²) in [5.41, 5.74) is 3.47. The number of nitrogens with zero attached hydrogens (tertiary/aromatic N) is 1. The molecule has 1 heterocycles. The summed E-state index contributed by atoms with van der Waals surface area (Å²) in [6.07, 6.45) is 3.25. The van der Waals surface area contributed by atoms with Crippen molar-refractivity contribution in [3.05, 3.63) is 51.5 Å². The standard InChI is InChI=1S/C18H20IN3O4/c1-25-14-7-5-13(6-8-14)3-2-4-17(23)20-12-18(24)22-21-11-15-9-10-16(19)26-15/h5-11H,2-4,12H2,1H3,(H,20,23)(H,22,24)/b21-11-. The number of ether oxygens (including phenoxy) is 1. The first-order valence-electron chi connectivity index (χ1n) is 8.03. The molecule has 0 aliphatic carbocycles. The number of halogens is 1. The van der Waals surface area contributed by atoms with Gasteiger partial charge in [0.25, 0.3) is 5.91 Å². The van der Waals surface area contributed by atoms with E-state index in [2.05, 4.69) is 15.8 Å². The van der Waals surface area contributed by atoms with Gasteiger partial charge < -0.3 is 14.5 Å². The van der Waals surface area contributed by atoms with Crippen LogP contribution in [0.25, 0.3) is 0 Å². The fourth-order valence-electron chi connectivity index (χ4n) is 2.12. The highest BCUT2D eigenvalue weighted by Crippen LogP contribution is 2.13. The van der Waals surface area contributed by atoms with Crippen LogP contribution >= 0.6 is 22.6 Å². The molecule has 0 unspecified atom stereocenters. The van der Waals surface area contributed by atoms with Crippen LogP contribution in [0.15, 0.2) is 45.9 Å². The molecule has 2 amide bonds. The summed E-state index contributed by atoms with van der Waals surface area (Å²) in [5.74, 6) is 0.781. The van der Waals surface area contributed by atoms with Crippen LogP contribution in [-0.2, 0) is 16.0 Å². The van der Waals surface area contributed by atoms with E-state index in [9.17, 15) is 9.59 Å². The quantitative estimate of drug-likeness (QED) is 0.336. The van der Waals surface area contributed by atoms with Crippen molar-refractivity contribution < 1.29 is 18.7 Å². The third-order valence-corrected chi connectivity index (χ3v) is 4.03. The van der Waals surface area contributed by atoms with E-state index in [-0.39, 0.29) is 12.5 Å². The van der Waals surface area contributed by atoms with Crippen molar-refractivity contribution in [2.45, 2.75) is 19.3 Å². The van der Waals surface area contributed by atoms with Gasteiger partial charge >= 0.3 is 0 Å². The number of hydrogen-bond donors (Lipinski definition) is 2. The first-order chi connectivity index (χ1) is 12.6. The molecule has 7 nitrogen and oxygen atoms in total. The molecule has 0 aliphatic heterocycles. The third-order valence-electron chi connectivity index (χ3n) is 3.45. The smallest absolute Gasteiger partial charge is 0.259 e. The molecule has 2 rings (SSSR count). The normalized spacial score (nSPS) is 10.7. The number of amides is 2. The van der Waals surface area contributed by atoms with Crippen molar-refractivity contribution >= 4 is 40.6 Å². The number of hydrazone groups is 1. The van der Waals surface area contributed by atoms with Gasteiger partial charge in [-0.15, -0.1) is 0 Å². The number of methoxy groups -OCH3 is 1. The Labute approximate surface area is 165 Å². The monoisotopic (exact) mass is 469 g/mol. The van der Waals surface area contributed by atoms with Gasteiger partial charge in [-0.25, -0.2) is 5.43 Å². The minimum atomic E-state index is -0.397. The summed E-state index contributed by atoms with van der Waals surface area (Å²) in [6, 6.07) is 11.3. The summed E-state index contributed by atoms with van der Waals surface area (Å²) in [4.78, 5) is 23.4. The van der Waals surface area contributed by atoms with Crippen molar-refractivity contribution in [1.82, 2.24) is 10.7 Å². The lowest BCUT2D eigenvalue weighted by atomic mass is 10.1. The van der Waals surface area contributed by atoms with Crippen LogP contribution in [0.1, 0.15) is 24.2 Å². The maximum absolute atomic E-state index is 11.8. The lowest BCUT2D eigenvalue weighted by Crippen LogP contribution is -2.34. The number of benzene rings is 1. The van der Waals surface area contributed by atoms with Crippen molar-refractivity contribution in [3.8, 4) is 5.75 Å². The van der Waals surface area contributed by atoms with Crippen molar-refractivity contribution in [3.63, 3.8) is 0 Å². The lowest BCUT2D eigenvalue weighted by Gasteiger charge is -2.05. The second kappa shape index (κ2) is 10.6. The van der Waals surface area contributed by atoms with Crippen LogP contribution in [0.3, 0.4) is 0 Å². The molecule has 1 aromatic carbocycles. The van der Waals surface area contributed by atoms with Gasteiger partial charge in [-0.3, -0.25) is 9.59 Å². The van der Waals surface area contributed by atoms with E-state index in [0.29, 0.717) is 18.6 Å². The molecule has 8 heteroatoms. The van der Waals surface area contributed by atoms with Gasteiger partial charge in [0.1, 0.15) is 11.5 Å². The molecular weight excluding hydrogens is 449 g/mol. The van der Waals surface area contributed by atoms with E-state index in [1.54, 1.807) is 19.2 Å². The minimum Gasteiger partial charge on any atom is -0.497 e. The lowest BCUT2D eigenvalue weighted by molar-refractivity contribution is -0.126. The topological polar surface area (TPSA) is 92.9 Å². The number of carbonyl (C=O) groups is 2. The van der Waals surface area contributed by atoms with Crippen LogP contribution in [0.4, 0.5) is 0 Å². The molecule has 2 N–H and O–H groups in total. The number of furan rings is 1. The summed E-state index contributed by atoms with van der Waals surface area (Å²) in [5, 5.41) is 6.34. The van der Waals surface area contributed by atoms with Gasteiger partial charge in [0.2, 0.25) is 5.91 Å². The average molecular weight is 469 g/mol. The Kier molecular flexibility index (Phi) is 8.13. The van der Waals surface area contributed by atoms with Gasteiger partial charge in [0, 0.05) is 6.42 Å². The van der Waals surface area contributed by atoms with Crippen molar-refractivity contribution in [1.29, 1.82) is 0 Å². The SMILES string of the molecule is COc1ccc(CCCC(=O)NCC(=O)N/N=C\c2ccc(I)o2)cc1. The van der Waals surface area contributed by atoms with E-state index >= 15 is 0 Å². The Morgan fingerprint density at radius 1 is 1.19 bits per heavy atom. The first kappa shape index (κ1) is 20.0. The van der Waals surface area contributed by atoms with E-state index in [1.165, 1.54) is 6.21 Å². The molecule has 0 saturated carbocycles. The second-order valence-corrected chi connectivity index (χ2v) is 6.48. The molecule has 26 heavy (non-hydrogen) atoms. The summed E-state index contributed by atoms with van der Waals surface area (Å²) in [6.45, 7) is -0.117. The van der Waals surface area contributed by atoms with Gasteiger partial charge in [-0.2, -0.15) is 5.10 Å². The zero-order valence-corrected chi connectivity index (χ0v) is 16.5. The highest BCUT2D eigenvalue weighted by atomic mass is 127.